The van der Waals surface area contributed by atoms with Crippen molar-refractivity contribution in [2.24, 2.45) is 5.11 Å². The van der Waals surface area contributed by atoms with Gasteiger partial charge in [-0.05, 0) is 55.5 Å². The number of nitrogens with one attached hydrogen (secondary N) is 2. The second-order valence-corrected chi connectivity index (χ2v) is 10.5. The largest absolute Gasteiger partial charge is 0.489 e. The molecule has 0 radical (unpaired) electrons. The van der Waals surface area contributed by atoms with Gasteiger partial charge in [0, 0.05) is 42.7 Å². The molecule has 0 aliphatic carbocycles. The zero-order valence-electron chi connectivity index (χ0n) is 23.8. The van der Waals surface area contributed by atoms with Crippen LogP contribution in [0.1, 0.15) is 67.9 Å². The van der Waals surface area contributed by atoms with Gasteiger partial charge in [-0.2, -0.15) is 5.11 Å². The number of para-hydroxylation sites is 1. The third kappa shape index (κ3) is 5.87. The van der Waals surface area contributed by atoms with E-state index in [9.17, 15) is 9.90 Å². The van der Waals surface area contributed by atoms with Crippen molar-refractivity contribution in [2.75, 3.05) is 18.4 Å². The molecular weight excluding hydrogens is 507 g/mol. The Morgan fingerprint density at radius 1 is 1.20 bits per heavy atom. The first-order valence-corrected chi connectivity index (χ1v) is 14.0. The number of hydrogen-bond donors (Lipinski definition) is 3. The molecule has 0 saturated heterocycles. The van der Waals surface area contributed by atoms with Crippen molar-refractivity contribution in [3.05, 3.63) is 88.2 Å². The minimum absolute atomic E-state index is 0.0604. The maximum Gasteiger partial charge on any atom is 0.304 e. The Morgan fingerprint density at radius 3 is 2.65 bits per heavy atom. The third-order valence-corrected chi connectivity index (χ3v) is 8.04. The second kappa shape index (κ2) is 12.6. The summed E-state index contributed by atoms with van der Waals surface area (Å²) in [5, 5.41) is 16.5. The van der Waals surface area contributed by atoms with Crippen molar-refractivity contribution in [3.63, 3.8) is 0 Å². The van der Waals surface area contributed by atoms with Crippen LogP contribution in [0.15, 0.2) is 59.7 Å². The first kappa shape index (κ1) is 29.2. The topological polar surface area (TPSA) is 98.0 Å². The molecule has 0 aromatic heterocycles. The lowest BCUT2D eigenvalue weighted by atomic mass is 9.69. The molecule has 1 heterocycles. The first-order chi connectivity index (χ1) is 19.3. The van der Waals surface area contributed by atoms with Gasteiger partial charge in [0.15, 0.2) is 5.82 Å². The van der Waals surface area contributed by atoms with Crippen molar-refractivity contribution in [1.82, 2.24) is 4.90 Å². The van der Waals surface area contributed by atoms with E-state index in [2.05, 4.69) is 28.3 Å². The summed E-state index contributed by atoms with van der Waals surface area (Å²) >= 11 is 0. The molecule has 8 heteroatoms. The van der Waals surface area contributed by atoms with Gasteiger partial charge in [-0.3, -0.25) is 9.69 Å². The van der Waals surface area contributed by atoms with Crippen molar-refractivity contribution in [3.8, 4) is 5.75 Å². The highest BCUT2D eigenvalue weighted by molar-refractivity contribution is 5.73. The summed E-state index contributed by atoms with van der Waals surface area (Å²) in [5.74, 6) is -0.762. The van der Waals surface area contributed by atoms with E-state index in [-0.39, 0.29) is 23.8 Å². The van der Waals surface area contributed by atoms with Crippen LogP contribution >= 0.6 is 0 Å². The summed E-state index contributed by atoms with van der Waals surface area (Å²) in [5.41, 5.74) is 11.1. The minimum Gasteiger partial charge on any atom is -0.489 e. The summed E-state index contributed by atoms with van der Waals surface area (Å²) in [6, 6.07) is 17.4. The van der Waals surface area contributed by atoms with Crippen LogP contribution in [0.4, 0.5) is 15.8 Å². The minimum atomic E-state index is -1.14. The molecule has 40 heavy (non-hydrogen) atoms. The predicted octanol–water partition coefficient (Wildman–Crippen LogP) is 7.57. The number of halogens is 1. The van der Waals surface area contributed by atoms with Gasteiger partial charge in [-0.15, -0.1) is 0 Å². The highest BCUT2D eigenvalue weighted by atomic mass is 19.1. The number of aryl methyl sites for hydroxylation is 1. The van der Waals surface area contributed by atoms with Crippen LogP contribution in [0.5, 0.6) is 5.75 Å². The lowest BCUT2D eigenvalue weighted by Crippen LogP contribution is -2.33. The third-order valence-electron chi connectivity index (χ3n) is 8.04. The number of aliphatic carboxylic acids is 1. The molecule has 3 aromatic rings. The van der Waals surface area contributed by atoms with Crippen LogP contribution in [0.3, 0.4) is 0 Å². The summed E-state index contributed by atoms with van der Waals surface area (Å²) in [6.07, 6.45) is 1.02. The number of ether oxygens (including phenoxy) is 1. The van der Waals surface area contributed by atoms with Crippen molar-refractivity contribution < 1.29 is 19.0 Å². The monoisotopic (exact) mass is 546 g/mol. The molecule has 1 aliphatic rings. The quantitative estimate of drug-likeness (QED) is 0.216. The van der Waals surface area contributed by atoms with Gasteiger partial charge in [0.25, 0.3) is 0 Å². The fourth-order valence-electron chi connectivity index (χ4n) is 5.78. The van der Waals surface area contributed by atoms with E-state index >= 15 is 4.39 Å². The van der Waals surface area contributed by atoms with Gasteiger partial charge < -0.3 is 15.2 Å². The Morgan fingerprint density at radius 2 is 1.98 bits per heavy atom. The van der Waals surface area contributed by atoms with Crippen molar-refractivity contribution >= 4 is 17.3 Å². The number of nitrogens with zero attached hydrogens (tertiary/aromatic N) is 2. The summed E-state index contributed by atoms with van der Waals surface area (Å²) in [4.78, 5) is 14.6. The standard InChI is InChI=1S/C32H39FN4O3/c1-5-25-20-37(18-22-10-8-9-11-28(22)40-25)19-23-16-24(13-12-21(23)4)32(6-2,17-29(38)39)26-14-15-27(35-7-3)31(36-34)30(26)33/h8-16,25,34-35H,5-7,17-20H2,1-4H3,(H,38,39)/t25-,32?/m1/s1. The summed E-state index contributed by atoms with van der Waals surface area (Å²) in [6.45, 7) is 10.6. The van der Waals surface area contributed by atoms with Crippen molar-refractivity contribution in [2.45, 2.75) is 71.6 Å². The molecular formula is C32H39FN4O3. The molecule has 2 atom stereocenters. The predicted molar refractivity (Wildman–Crippen MR) is 155 cm³/mol. The van der Waals surface area contributed by atoms with Gasteiger partial charge in [0.05, 0.1) is 12.1 Å². The number of fused-ring (bicyclic) bond motifs is 1. The molecule has 1 unspecified atom stereocenters. The van der Waals surface area contributed by atoms with Crippen LogP contribution in [0.25, 0.3) is 0 Å². The molecule has 212 valence electrons. The number of carbonyl (C=O) groups is 1. The fourth-order valence-corrected chi connectivity index (χ4v) is 5.78. The lowest BCUT2D eigenvalue weighted by Gasteiger charge is -2.34. The van der Waals surface area contributed by atoms with E-state index in [1.807, 2.05) is 57.2 Å². The maximum absolute atomic E-state index is 16.0. The molecule has 0 amide bonds. The van der Waals surface area contributed by atoms with E-state index in [0.717, 1.165) is 47.5 Å². The van der Waals surface area contributed by atoms with Crippen molar-refractivity contribution in [1.29, 1.82) is 5.53 Å². The van der Waals surface area contributed by atoms with Gasteiger partial charge in [0.2, 0.25) is 0 Å². The maximum atomic E-state index is 16.0. The number of carboxylic acids is 1. The average molecular weight is 547 g/mol. The Labute approximate surface area is 235 Å². The molecule has 0 fully saturated rings. The Bertz CT molecular complexity index is 1380. The molecule has 0 bridgehead atoms. The Balaban J connectivity index is 1.79. The first-order valence-electron chi connectivity index (χ1n) is 14.0. The van der Waals surface area contributed by atoms with E-state index in [4.69, 9.17) is 10.3 Å². The number of carboxylic acid groups (broad SMARTS) is 1. The highest BCUT2D eigenvalue weighted by Gasteiger charge is 2.39. The Hall–Kier alpha value is -3.78. The number of benzene rings is 3. The smallest absolute Gasteiger partial charge is 0.304 e. The van der Waals surface area contributed by atoms with E-state index in [1.165, 1.54) is 0 Å². The summed E-state index contributed by atoms with van der Waals surface area (Å²) in [7, 11) is 0. The molecule has 7 nitrogen and oxygen atoms in total. The van der Waals surface area contributed by atoms with Gasteiger partial charge >= 0.3 is 5.97 Å². The van der Waals surface area contributed by atoms with E-state index in [0.29, 0.717) is 25.2 Å². The van der Waals surface area contributed by atoms with Crippen LogP contribution in [-0.4, -0.2) is 35.2 Å². The number of rotatable bonds is 11. The fraction of sp³-hybridized carbons (Fsp3) is 0.406. The normalized spacial score (nSPS) is 16.8. The van der Waals surface area contributed by atoms with Crippen LogP contribution in [0.2, 0.25) is 0 Å². The van der Waals surface area contributed by atoms with Crippen LogP contribution < -0.4 is 10.1 Å². The average Bonchev–Trinajstić information content (AvgIpc) is 3.12. The molecule has 4 rings (SSSR count). The molecule has 0 spiro atoms. The molecule has 0 saturated carbocycles. The second-order valence-electron chi connectivity index (χ2n) is 10.5. The van der Waals surface area contributed by atoms with Gasteiger partial charge in [0.1, 0.15) is 17.5 Å². The molecule has 3 N–H and O–H groups in total. The van der Waals surface area contributed by atoms with E-state index < -0.39 is 17.2 Å². The summed E-state index contributed by atoms with van der Waals surface area (Å²) < 4.78 is 22.3. The SMILES string of the molecule is CCNc1ccc(C(CC)(CC(=O)O)c2ccc(C)c(CN3Cc4ccccc4O[C@H](CC)C3)c2)c(F)c1N=N. The number of anilines is 1. The van der Waals surface area contributed by atoms with E-state index in [1.54, 1.807) is 12.1 Å². The Kier molecular flexibility index (Phi) is 9.20. The highest BCUT2D eigenvalue weighted by Crippen LogP contribution is 2.44. The molecule has 3 aromatic carbocycles. The zero-order chi connectivity index (χ0) is 28.9. The zero-order valence-corrected chi connectivity index (χ0v) is 23.8. The lowest BCUT2D eigenvalue weighted by molar-refractivity contribution is -0.138. The molecule has 1 aliphatic heterocycles. The van der Waals surface area contributed by atoms with Crippen LogP contribution in [0, 0.1) is 18.3 Å². The van der Waals surface area contributed by atoms with Gasteiger partial charge in [-0.25, -0.2) is 9.92 Å². The van der Waals surface area contributed by atoms with Crippen LogP contribution in [-0.2, 0) is 23.3 Å². The number of hydrogen-bond acceptors (Lipinski definition) is 6. The van der Waals surface area contributed by atoms with Gasteiger partial charge in [-0.1, -0.05) is 56.3 Å².